The molecule has 0 saturated heterocycles. The number of carbonyl (C=O) groups excluding carboxylic acids is 1. The molecule has 1 fully saturated rings. The largest absolute Gasteiger partial charge is 0.393 e. The van der Waals surface area contributed by atoms with E-state index in [1.165, 1.54) is 5.39 Å². The second-order valence-electron chi connectivity index (χ2n) is 6.83. The van der Waals surface area contributed by atoms with Crippen molar-refractivity contribution in [1.29, 1.82) is 0 Å². The quantitative estimate of drug-likeness (QED) is 0.690. The topological polar surface area (TPSA) is 65.1 Å². The molecule has 2 unspecified atom stereocenters. The summed E-state index contributed by atoms with van der Waals surface area (Å²) in [5, 5.41) is 16.2. The third-order valence-electron chi connectivity index (χ3n) is 5.08. The highest BCUT2D eigenvalue weighted by molar-refractivity contribution is 6.09. The van der Waals surface area contributed by atoms with Crippen molar-refractivity contribution in [2.75, 3.05) is 6.54 Å². The minimum Gasteiger partial charge on any atom is -0.393 e. The van der Waals surface area contributed by atoms with Crippen LogP contribution in [0.4, 0.5) is 0 Å². The molecule has 0 aliphatic heterocycles. The summed E-state index contributed by atoms with van der Waals surface area (Å²) in [5.41, 5.74) is 1.57. The van der Waals surface area contributed by atoms with Crippen LogP contribution in [0, 0.1) is 5.92 Å². The van der Waals surface area contributed by atoms with E-state index in [2.05, 4.69) is 28.5 Å². The predicted octanol–water partition coefficient (Wildman–Crippen LogP) is 3.60. The number of amides is 1. The molecule has 1 aliphatic carbocycles. The molecule has 4 heteroatoms. The summed E-state index contributed by atoms with van der Waals surface area (Å²) >= 11 is 0. The van der Waals surface area contributed by atoms with E-state index in [0.717, 1.165) is 42.0 Å². The molecule has 0 spiro atoms. The molecule has 1 aliphatic rings. The number of aliphatic hydroxyl groups excluding tert-OH is 1. The Kier molecular flexibility index (Phi) is 3.98. The molecule has 1 heterocycles. The first kappa shape index (κ1) is 15.2. The van der Waals surface area contributed by atoms with Gasteiger partial charge in [0.2, 0.25) is 0 Å². The lowest BCUT2D eigenvalue weighted by molar-refractivity contribution is 0.0871. The van der Waals surface area contributed by atoms with Crippen LogP contribution >= 0.6 is 0 Å². The lowest BCUT2D eigenvalue weighted by atomic mass is 9.87. The van der Waals surface area contributed by atoms with Gasteiger partial charge in [-0.25, -0.2) is 0 Å². The number of hydrogen-bond acceptors (Lipinski definition) is 2. The zero-order chi connectivity index (χ0) is 16.5. The fraction of sp³-hybridized carbons (Fsp3) is 0.350. The van der Waals surface area contributed by atoms with Crippen LogP contribution in [0.3, 0.4) is 0 Å². The minimum atomic E-state index is -0.208. The predicted molar refractivity (Wildman–Crippen MR) is 96.1 cm³/mol. The van der Waals surface area contributed by atoms with E-state index in [1.807, 2.05) is 24.3 Å². The van der Waals surface area contributed by atoms with Gasteiger partial charge in [0.05, 0.1) is 6.10 Å². The molecule has 4 nitrogen and oxygen atoms in total. The molecule has 2 aromatic carbocycles. The van der Waals surface area contributed by atoms with E-state index >= 15 is 0 Å². The third-order valence-corrected chi connectivity index (χ3v) is 5.08. The van der Waals surface area contributed by atoms with Gasteiger partial charge in [0.1, 0.15) is 5.69 Å². The Bertz CT molecular complexity index is 884. The highest BCUT2D eigenvalue weighted by atomic mass is 16.3. The second-order valence-corrected chi connectivity index (χ2v) is 6.83. The Morgan fingerprint density at radius 1 is 1.17 bits per heavy atom. The summed E-state index contributed by atoms with van der Waals surface area (Å²) in [5.74, 6) is 0.304. The highest BCUT2D eigenvalue weighted by Crippen LogP contribution is 2.26. The van der Waals surface area contributed by atoms with E-state index in [1.54, 1.807) is 0 Å². The SMILES string of the molecule is O=C(NCC1CCCC(O)C1)c1cc2c(ccc3ccccc32)[nH]1. The van der Waals surface area contributed by atoms with Crippen LogP contribution in [0.25, 0.3) is 21.7 Å². The Morgan fingerprint density at radius 3 is 2.92 bits per heavy atom. The zero-order valence-electron chi connectivity index (χ0n) is 13.6. The van der Waals surface area contributed by atoms with Crippen molar-refractivity contribution in [2.45, 2.75) is 31.8 Å². The van der Waals surface area contributed by atoms with Crippen molar-refractivity contribution in [3.63, 3.8) is 0 Å². The van der Waals surface area contributed by atoms with Crippen LogP contribution in [0.1, 0.15) is 36.2 Å². The van der Waals surface area contributed by atoms with Crippen molar-refractivity contribution in [3.05, 3.63) is 48.2 Å². The Labute approximate surface area is 140 Å². The molecule has 1 saturated carbocycles. The van der Waals surface area contributed by atoms with Gasteiger partial charge >= 0.3 is 0 Å². The first-order valence-corrected chi connectivity index (χ1v) is 8.67. The minimum absolute atomic E-state index is 0.0738. The number of benzene rings is 2. The van der Waals surface area contributed by atoms with Crippen LogP contribution in [0.2, 0.25) is 0 Å². The van der Waals surface area contributed by atoms with Gasteiger partial charge in [-0.1, -0.05) is 36.8 Å². The number of H-pyrrole nitrogens is 1. The van der Waals surface area contributed by atoms with Crippen molar-refractivity contribution in [2.24, 2.45) is 5.92 Å². The van der Waals surface area contributed by atoms with E-state index < -0.39 is 0 Å². The molecule has 2 atom stereocenters. The second kappa shape index (κ2) is 6.29. The number of aromatic nitrogens is 1. The van der Waals surface area contributed by atoms with Crippen LogP contribution in [-0.4, -0.2) is 28.6 Å². The summed E-state index contributed by atoms with van der Waals surface area (Å²) in [6.07, 6.45) is 3.59. The number of fused-ring (bicyclic) bond motifs is 3. The lowest BCUT2D eigenvalue weighted by Crippen LogP contribution is -2.33. The average molecular weight is 322 g/mol. The maximum Gasteiger partial charge on any atom is 0.267 e. The maximum absolute atomic E-state index is 12.5. The number of nitrogens with one attached hydrogen (secondary N) is 2. The molecule has 1 aromatic heterocycles. The number of aliphatic hydroxyl groups is 1. The first-order valence-electron chi connectivity index (χ1n) is 8.67. The fourth-order valence-electron chi connectivity index (χ4n) is 3.79. The van der Waals surface area contributed by atoms with Gasteiger partial charge in [0.25, 0.3) is 5.91 Å². The Hall–Kier alpha value is -2.33. The van der Waals surface area contributed by atoms with E-state index in [-0.39, 0.29) is 12.0 Å². The summed E-state index contributed by atoms with van der Waals surface area (Å²) < 4.78 is 0. The normalized spacial score (nSPS) is 21.2. The Morgan fingerprint density at radius 2 is 2.04 bits per heavy atom. The summed E-state index contributed by atoms with van der Waals surface area (Å²) in [4.78, 5) is 15.7. The van der Waals surface area contributed by atoms with E-state index in [0.29, 0.717) is 18.2 Å². The molecule has 24 heavy (non-hydrogen) atoms. The van der Waals surface area contributed by atoms with Crippen molar-refractivity contribution >= 4 is 27.6 Å². The lowest BCUT2D eigenvalue weighted by Gasteiger charge is -2.25. The number of hydrogen-bond donors (Lipinski definition) is 3. The molecule has 4 rings (SSSR count). The standard InChI is InChI=1S/C20H22N2O2/c23-15-6-3-4-13(10-15)12-21-20(24)19-11-17-16-7-2-1-5-14(16)8-9-18(17)22-19/h1-2,5,7-9,11,13,15,22-23H,3-4,6,10,12H2,(H,21,24). The monoisotopic (exact) mass is 322 g/mol. The van der Waals surface area contributed by atoms with Gasteiger partial charge in [-0.15, -0.1) is 0 Å². The van der Waals surface area contributed by atoms with Crippen molar-refractivity contribution < 1.29 is 9.90 Å². The van der Waals surface area contributed by atoms with E-state index in [4.69, 9.17) is 0 Å². The Balaban J connectivity index is 1.53. The van der Waals surface area contributed by atoms with E-state index in [9.17, 15) is 9.90 Å². The summed E-state index contributed by atoms with van der Waals surface area (Å²) in [6.45, 7) is 0.631. The molecule has 124 valence electrons. The molecule has 3 N–H and O–H groups in total. The van der Waals surface area contributed by atoms with Gasteiger partial charge in [-0.2, -0.15) is 0 Å². The van der Waals surface area contributed by atoms with Crippen molar-refractivity contribution in [3.8, 4) is 0 Å². The summed E-state index contributed by atoms with van der Waals surface area (Å²) in [6, 6.07) is 14.2. The summed E-state index contributed by atoms with van der Waals surface area (Å²) in [7, 11) is 0. The number of carbonyl (C=O) groups is 1. The van der Waals surface area contributed by atoms with Gasteiger partial charge in [0.15, 0.2) is 0 Å². The number of aromatic amines is 1. The number of rotatable bonds is 3. The van der Waals surface area contributed by atoms with Gasteiger partial charge in [-0.3, -0.25) is 4.79 Å². The fourth-order valence-corrected chi connectivity index (χ4v) is 3.79. The smallest absolute Gasteiger partial charge is 0.267 e. The van der Waals surface area contributed by atoms with Crippen molar-refractivity contribution in [1.82, 2.24) is 10.3 Å². The average Bonchev–Trinajstić information content (AvgIpc) is 3.04. The molecular weight excluding hydrogens is 300 g/mol. The molecule has 3 aromatic rings. The van der Waals surface area contributed by atoms with Crippen LogP contribution in [-0.2, 0) is 0 Å². The first-order chi connectivity index (χ1) is 11.7. The molecule has 0 radical (unpaired) electrons. The zero-order valence-corrected chi connectivity index (χ0v) is 13.6. The molecule has 1 amide bonds. The van der Waals surface area contributed by atoms with Crippen LogP contribution < -0.4 is 5.32 Å². The van der Waals surface area contributed by atoms with Crippen LogP contribution in [0.5, 0.6) is 0 Å². The third kappa shape index (κ3) is 2.89. The van der Waals surface area contributed by atoms with Gasteiger partial charge < -0.3 is 15.4 Å². The maximum atomic E-state index is 12.5. The van der Waals surface area contributed by atoms with Gasteiger partial charge in [0, 0.05) is 17.4 Å². The van der Waals surface area contributed by atoms with Crippen LogP contribution in [0.15, 0.2) is 42.5 Å². The molecule has 0 bridgehead atoms. The highest BCUT2D eigenvalue weighted by Gasteiger charge is 2.21. The molecular formula is C20H22N2O2. The van der Waals surface area contributed by atoms with Gasteiger partial charge in [-0.05, 0) is 48.1 Å².